The summed E-state index contributed by atoms with van der Waals surface area (Å²) in [6, 6.07) is 1.83. The predicted octanol–water partition coefficient (Wildman–Crippen LogP) is 2.89. The second-order valence-corrected chi connectivity index (χ2v) is 4.73. The average molecular weight is 251 g/mol. The minimum absolute atomic E-state index is 0.500. The van der Waals surface area contributed by atoms with Gasteiger partial charge in [-0.25, -0.2) is 4.98 Å². The highest BCUT2D eigenvalue weighted by atomic mass is 35.5. The Morgan fingerprint density at radius 2 is 2.21 bits per heavy atom. The van der Waals surface area contributed by atoms with E-state index in [4.69, 9.17) is 28.9 Å². The molecule has 0 saturated carbocycles. The standard InChI is InChI=1S/C9H12Cl2N2S/c1-6-4-8(10)7(9(11)13-6)5-14-3-2-12/h4H,2-3,5,12H2,1H3. The van der Waals surface area contributed by atoms with Gasteiger partial charge in [0.05, 0.1) is 0 Å². The molecule has 0 aliphatic heterocycles. The topological polar surface area (TPSA) is 38.9 Å². The summed E-state index contributed by atoms with van der Waals surface area (Å²) in [6.45, 7) is 2.54. The number of thioether (sulfide) groups is 1. The van der Waals surface area contributed by atoms with Crippen molar-refractivity contribution in [2.45, 2.75) is 12.7 Å². The summed E-state index contributed by atoms with van der Waals surface area (Å²) in [5, 5.41) is 1.19. The van der Waals surface area contributed by atoms with Gasteiger partial charge in [0.15, 0.2) is 0 Å². The van der Waals surface area contributed by atoms with Crippen molar-refractivity contribution < 1.29 is 0 Å². The Balaban J connectivity index is 2.75. The van der Waals surface area contributed by atoms with E-state index in [1.54, 1.807) is 11.8 Å². The molecule has 2 N–H and O–H groups in total. The van der Waals surface area contributed by atoms with Gasteiger partial charge < -0.3 is 5.73 Å². The van der Waals surface area contributed by atoms with Gasteiger partial charge in [0, 0.05) is 34.3 Å². The molecule has 1 rings (SSSR count). The molecule has 0 radical (unpaired) electrons. The summed E-state index contributed by atoms with van der Waals surface area (Å²) in [6.07, 6.45) is 0. The zero-order valence-corrected chi connectivity index (χ0v) is 10.2. The monoisotopic (exact) mass is 250 g/mol. The zero-order valence-electron chi connectivity index (χ0n) is 7.89. The first kappa shape index (κ1) is 12.1. The van der Waals surface area contributed by atoms with E-state index in [9.17, 15) is 0 Å². The molecule has 0 aromatic carbocycles. The zero-order chi connectivity index (χ0) is 10.6. The number of rotatable bonds is 4. The van der Waals surface area contributed by atoms with E-state index in [0.29, 0.717) is 16.7 Å². The molecule has 1 aromatic heterocycles. The van der Waals surface area contributed by atoms with E-state index in [1.165, 1.54) is 0 Å². The molecule has 0 spiro atoms. The number of hydrogen-bond acceptors (Lipinski definition) is 3. The minimum Gasteiger partial charge on any atom is -0.330 e. The predicted molar refractivity (Wildman–Crippen MR) is 64.2 cm³/mol. The summed E-state index contributed by atoms with van der Waals surface area (Å²) >= 11 is 13.7. The molecule has 5 heteroatoms. The molecule has 0 aliphatic rings. The number of nitrogens with zero attached hydrogens (tertiary/aromatic N) is 1. The SMILES string of the molecule is Cc1cc(Cl)c(CSCCN)c(Cl)n1. The van der Waals surface area contributed by atoms with Gasteiger partial charge in [0.25, 0.3) is 0 Å². The first-order valence-electron chi connectivity index (χ1n) is 4.24. The smallest absolute Gasteiger partial charge is 0.134 e. The van der Waals surface area contributed by atoms with Gasteiger partial charge in [0.1, 0.15) is 5.15 Å². The molecule has 1 aromatic rings. The Labute approximate surface area is 98.2 Å². The fourth-order valence-electron chi connectivity index (χ4n) is 1.01. The van der Waals surface area contributed by atoms with Crippen LogP contribution in [0.5, 0.6) is 0 Å². The molecule has 0 aliphatic carbocycles. The van der Waals surface area contributed by atoms with E-state index in [0.717, 1.165) is 22.8 Å². The van der Waals surface area contributed by atoms with Crippen LogP contribution in [0.1, 0.15) is 11.3 Å². The molecule has 0 fully saturated rings. The van der Waals surface area contributed by atoms with Gasteiger partial charge >= 0.3 is 0 Å². The van der Waals surface area contributed by atoms with Crippen LogP contribution < -0.4 is 5.73 Å². The normalized spacial score (nSPS) is 10.6. The second kappa shape index (κ2) is 5.81. The highest BCUT2D eigenvalue weighted by molar-refractivity contribution is 7.98. The van der Waals surface area contributed by atoms with Gasteiger partial charge in [-0.15, -0.1) is 0 Å². The van der Waals surface area contributed by atoms with Crippen molar-refractivity contribution in [2.75, 3.05) is 12.3 Å². The van der Waals surface area contributed by atoms with Gasteiger partial charge in [0.2, 0.25) is 0 Å². The quantitative estimate of drug-likeness (QED) is 0.660. The molecule has 2 nitrogen and oxygen atoms in total. The van der Waals surface area contributed by atoms with Crippen LogP contribution in [0.25, 0.3) is 0 Å². The molecule has 1 heterocycles. The van der Waals surface area contributed by atoms with E-state index in [1.807, 2.05) is 13.0 Å². The highest BCUT2D eigenvalue weighted by Gasteiger charge is 2.07. The molecule has 0 unspecified atom stereocenters. The summed E-state index contributed by atoms with van der Waals surface area (Å²) in [5.74, 6) is 1.67. The van der Waals surface area contributed by atoms with Crippen molar-refractivity contribution in [3.05, 3.63) is 27.5 Å². The Hall–Kier alpha value is 0.0400. The van der Waals surface area contributed by atoms with E-state index in [-0.39, 0.29) is 0 Å². The molecular weight excluding hydrogens is 239 g/mol. The van der Waals surface area contributed by atoms with Gasteiger partial charge in [-0.2, -0.15) is 11.8 Å². The van der Waals surface area contributed by atoms with Crippen LogP contribution in [0, 0.1) is 6.92 Å². The van der Waals surface area contributed by atoms with Crippen LogP contribution in [0.2, 0.25) is 10.2 Å². The van der Waals surface area contributed by atoms with Crippen molar-refractivity contribution >= 4 is 35.0 Å². The highest BCUT2D eigenvalue weighted by Crippen LogP contribution is 2.27. The van der Waals surface area contributed by atoms with Crippen molar-refractivity contribution in [3.63, 3.8) is 0 Å². The fraction of sp³-hybridized carbons (Fsp3) is 0.444. The van der Waals surface area contributed by atoms with Crippen molar-refractivity contribution in [3.8, 4) is 0 Å². The van der Waals surface area contributed by atoms with Gasteiger partial charge in [-0.3, -0.25) is 0 Å². The molecule has 0 saturated heterocycles. The van der Waals surface area contributed by atoms with Crippen LogP contribution >= 0.6 is 35.0 Å². The fourth-order valence-corrected chi connectivity index (χ4v) is 2.64. The summed E-state index contributed by atoms with van der Waals surface area (Å²) < 4.78 is 0. The lowest BCUT2D eigenvalue weighted by atomic mass is 10.3. The largest absolute Gasteiger partial charge is 0.330 e. The summed E-state index contributed by atoms with van der Waals surface area (Å²) in [4.78, 5) is 4.15. The van der Waals surface area contributed by atoms with Crippen LogP contribution in [0.3, 0.4) is 0 Å². The second-order valence-electron chi connectivity index (χ2n) is 2.86. The van der Waals surface area contributed by atoms with Crippen LogP contribution in [0.4, 0.5) is 0 Å². The number of hydrogen-bond donors (Lipinski definition) is 1. The van der Waals surface area contributed by atoms with Crippen LogP contribution in [-0.4, -0.2) is 17.3 Å². The van der Waals surface area contributed by atoms with Crippen molar-refractivity contribution in [1.82, 2.24) is 4.98 Å². The van der Waals surface area contributed by atoms with Crippen LogP contribution in [-0.2, 0) is 5.75 Å². The number of nitrogens with two attached hydrogens (primary N) is 1. The summed E-state index contributed by atoms with van der Waals surface area (Å²) in [5.41, 5.74) is 7.13. The Morgan fingerprint density at radius 3 is 2.79 bits per heavy atom. The lowest BCUT2D eigenvalue weighted by molar-refractivity contribution is 1.14. The van der Waals surface area contributed by atoms with E-state index >= 15 is 0 Å². The third-order valence-electron chi connectivity index (χ3n) is 1.66. The van der Waals surface area contributed by atoms with Gasteiger partial charge in [-0.1, -0.05) is 23.2 Å². The molecule has 0 bridgehead atoms. The maximum atomic E-state index is 6.04. The Bertz CT molecular complexity index is 295. The van der Waals surface area contributed by atoms with Crippen molar-refractivity contribution in [2.24, 2.45) is 5.73 Å². The molecule has 14 heavy (non-hydrogen) atoms. The third kappa shape index (κ3) is 3.31. The molecule has 0 amide bonds. The first-order valence-corrected chi connectivity index (χ1v) is 6.15. The average Bonchev–Trinajstić information content (AvgIpc) is 2.09. The Morgan fingerprint density at radius 1 is 1.50 bits per heavy atom. The molecule has 0 atom stereocenters. The number of halogens is 2. The first-order chi connectivity index (χ1) is 6.65. The number of pyridine rings is 1. The van der Waals surface area contributed by atoms with Gasteiger partial charge in [-0.05, 0) is 13.0 Å². The third-order valence-corrected chi connectivity index (χ3v) is 3.32. The summed E-state index contributed by atoms with van der Waals surface area (Å²) in [7, 11) is 0. The van der Waals surface area contributed by atoms with E-state index in [2.05, 4.69) is 4.98 Å². The lowest BCUT2D eigenvalue weighted by Gasteiger charge is -2.06. The molecule has 78 valence electrons. The number of aromatic nitrogens is 1. The maximum Gasteiger partial charge on any atom is 0.134 e. The van der Waals surface area contributed by atoms with Crippen molar-refractivity contribution in [1.29, 1.82) is 0 Å². The van der Waals surface area contributed by atoms with Crippen LogP contribution in [0.15, 0.2) is 6.07 Å². The Kier molecular flexibility index (Phi) is 5.02. The lowest BCUT2D eigenvalue weighted by Crippen LogP contribution is -2.02. The maximum absolute atomic E-state index is 6.04. The molecular formula is C9H12Cl2N2S. The van der Waals surface area contributed by atoms with E-state index < -0.39 is 0 Å². The minimum atomic E-state index is 0.500. The number of aryl methyl sites for hydroxylation is 1.